The zero-order chi connectivity index (χ0) is 19.5. The fraction of sp³-hybridized carbons (Fsp3) is 0.889. The molecule has 0 aromatic carbocycles. The highest BCUT2D eigenvalue weighted by molar-refractivity contribution is 7.99. The summed E-state index contributed by atoms with van der Waals surface area (Å²) in [5.74, 6) is 0.751. The van der Waals surface area contributed by atoms with Crippen LogP contribution in [0.5, 0.6) is 0 Å². The minimum absolute atomic E-state index is 0.0616. The van der Waals surface area contributed by atoms with Crippen molar-refractivity contribution in [2.75, 3.05) is 5.75 Å². The number of aliphatic hydroxyl groups excluding tert-OH is 3. The van der Waals surface area contributed by atoms with Crippen LogP contribution in [0.2, 0.25) is 0 Å². The number of fused-ring (bicyclic) bond motifs is 2. The van der Waals surface area contributed by atoms with Gasteiger partial charge in [0.15, 0.2) is 0 Å². The first-order chi connectivity index (χ1) is 12.1. The van der Waals surface area contributed by atoms with Gasteiger partial charge >= 0.3 is 0 Å². The zero-order valence-electron chi connectivity index (χ0n) is 16.0. The predicted molar refractivity (Wildman–Crippen MR) is 106 cm³/mol. The fourth-order valence-corrected chi connectivity index (χ4v) is 5.19. The number of aliphatic hydroxyl groups is 3. The molecule has 8 heteroatoms. The van der Waals surface area contributed by atoms with Crippen molar-refractivity contribution in [3.8, 4) is 0 Å². The molecule has 0 radical (unpaired) electrons. The molecule has 2 heterocycles. The highest BCUT2D eigenvalue weighted by Crippen LogP contribution is 2.33. The summed E-state index contributed by atoms with van der Waals surface area (Å²) in [6, 6.07) is -0.453. The lowest BCUT2D eigenvalue weighted by molar-refractivity contribution is -0.205. The monoisotopic (exact) mass is 407 g/mol. The molecule has 0 aromatic rings. The maximum absolute atomic E-state index is 12.7. The highest BCUT2D eigenvalue weighted by atomic mass is 32.2. The normalized spacial score (nSPS) is 42.4. The van der Waals surface area contributed by atoms with E-state index in [1.165, 1.54) is 11.8 Å². The van der Waals surface area contributed by atoms with Gasteiger partial charge in [-0.05, 0) is 51.7 Å². The molecule has 0 aliphatic carbocycles. The average Bonchev–Trinajstić information content (AvgIpc) is 2.56. The molecule has 1 saturated heterocycles. The van der Waals surface area contributed by atoms with Crippen LogP contribution < -0.4 is 4.72 Å². The number of allylic oxidation sites excluding steroid dienone is 1. The summed E-state index contributed by atoms with van der Waals surface area (Å²) in [7, 11) is 0. The smallest absolute Gasteiger partial charge is 0.136 e. The number of rotatable bonds is 2. The van der Waals surface area contributed by atoms with E-state index in [1.54, 1.807) is 0 Å². The quantitative estimate of drug-likeness (QED) is 0.404. The van der Waals surface area contributed by atoms with Gasteiger partial charge in [-0.2, -0.15) is 0 Å². The summed E-state index contributed by atoms with van der Waals surface area (Å²) >= 11 is 0.104. The van der Waals surface area contributed by atoms with Crippen molar-refractivity contribution in [2.45, 2.75) is 87.6 Å². The molecule has 0 aromatic heterocycles. The Labute approximate surface area is 164 Å². The van der Waals surface area contributed by atoms with Crippen LogP contribution in [-0.4, -0.2) is 66.3 Å². The van der Waals surface area contributed by atoms with Crippen LogP contribution in [-0.2, 0) is 16.1 Å². The van der Waals surface area contributed by atoms with E-state index in [9.17, 15) is 19.9 Å². The molecule has 1 fully saturated rings. The van der Waals surface area contributed by atoms with E-state index in [4.69, 9.17) is 4.74 Å². The van der Waals surface area contributed by atoms with Crippen LogP contribution in [0.25, 0.3) is 0 Å². The minimum Gasteiger partial charge on any atom is -0.598 e. The Hall–Kier alpha value is 0.200. The maximum atomic E-state index is 12.7. The van der Waals surface area contributed by atoms with Gasteiger partial charge in [0.25, 0.3) is 0 Å². The molecule has 6 nitrogen and oxygen atoms in total. The second-order valence-corrected chi connectivity index (χ2v) is 11.3. The van der Waals surface area contributed by atoms with E-state index in [2.05, 4.69) is 16.9 Å². The van der Waals surface area contributed by atoms with Gasteiger partial charge in [0.1, 0.15) is 34.6 Å². The first kappa shape index (κ1) is 22.5. The molecule has 8 atom stereocenters. The second kappa shape index (κ2) is 9.60. The SMILES string of the molecule is C[C@@H]1/C=C/CCCCS[C@H]2O[C@@H]([C@H](O)[C@H](O)[C@H]2O)[C@@H]1N[S+]([O-])C(C)(C)C. The van der Waals surface area contributed by atoms with Crippen molar-refractivity contribution < 1.29 is 24.6 Å². The molecule has 2 rings (SSSR count). The standard InChI is InChI=1S/C18H33NO5S2/c1-11-9-7-5-6-8-10-25-17-15(22)13(20)14(21)16(24-17)12(11)19-26(23)18(2,3)4/h7,9,11-17,19-22H,5-6,8,10H2,1-4H3/b9-7+/t11-,12-,13+,14-,15-,16-,17-,26?/m1/s1. The van der Waals surface area contributed by atoms with Gasteiger partial charge in [-0.3, -0.25) is 0 Å². The number of ether oxygens (including phenoxy) is 1. The number of hydrogen-bond acceptors (Lipinski definition) is 7. The molecule has 0 amide bonds. The van der Waals surface area contributed by atoms with Crippen LogP contribution in [0.4, 0.5) is 0 Å². The van der Waals surface area contributed by atoms with E-state index in [0.717, 1.165) is 25.0 Å². The molecular weight excluding hydrogens is 374 g/mol. The van der Waals surface area contributed by atoms with E-state index in [-0.39, 0.29) is 5.92 Å². The van der Waals surface area contributed by atoms with Gasteiger partial charge in [-0.1, -0.05) is 19.1 Å². The van der Waals surface area contributed by atoms with Gasteiger partial charge in [0.2, 0.25) is 0 Å². The predicted octanol–water partition coefficient (Wildman–Crippen LogP) is 1.32. The third-order valence-electron chi connectivity index (χ3n) is 4.81. The maximum Gasteiger partial charge on any atom is 0.136 e. The topological polar surface area (TPSA) is 105 Å². The van der Waals surface area contributed by atoms with Gasteiger partial charge in [0.05, 0.1) is 6.04 Å². The van der Waals surface area contributed by atoms with E-state index in [0.29, 0.717) is 0 Å². The van der Waals surface area contributed by atoms with E-state index >= 15 is 0 Å². The molecule has 1 unspecified atom stereocenters. The lowest BCUT2D eigenvalue weighted by Crippen LogP contribution is -2.64. The summed E-state index contributed by atoms with van der Waals surface area (Å²) in [6.45, 7) is 7.61. The Balaban J connectivity index is 2.30. The zero-order valence-corrected chi connectivity index (χ0v) is 17.6. The van der Waals surface area contributed by atoms with Crippen molar-refractivity contribution in [3.63, 3.8) is 0 Å². The third-order valence-corrected chi connectivity index (χ3v) is 7.65. The Morgan fingerprint density at radius 2 is 1.85 bits per heavy atom. The van der Waals surface area contributed by atoms with Gasteiger partial charge in [-0.25, -0.2) is 0 Å². The Kier molecular flexibility index (Phi) is 8.31. The van der Waals surface area contributed by atoms with Gasteiger partial charge in [-0.15, -0.1) is 16.5 Å². The molecule has 2 aliphatic rings. The van der Waals surface area contributed by atoms with Crippen LogP contribution in [0, 0.1) is 5.92 Å². The van der Waals surface area contributed by atoms with Crippen molar-refractivity contribution in [1.82, 2.24) is 4.72 Å². The summed E-state index contributed by atoms with van der Waals surface area (Å²) in [5, 5.41) is 31.2. The Bertz CT molecular complexity index is 473. The molecule has 2 aliphatic heterocycles. The summed E-state index contributed by atoms with van der Waals surface area (Å²) < 4.78 is 21.4. The van der Waals surface area contributed by atoms with Crippen molar-refractivity contribution in [3.05, 3.63) is 12.2 Å². The Morgan fingerprint density at radius 3 is 2.50 bits per heavy atom. The van der Waals surface area contributed by atoms with Crippen molar-refractivity contribution in [1.29, 1.82) is 0 Å². The fourth-order valence-electron chi connectivity index (χ4n) is 3.08. The van der Waals surface area contributed by atoms with Crippen molar-refractivity contribution >= 4 is 23.1 Å². The summed E-state index contributed by atoms with van der Waals surface area (Å²) in [6.07, 6.45) is 2.70. The molecule has 0 saturated carbocycles. The third kappa shape index (κ3) is 5.61. The molecular formula is C18H33NO5S2. The van der Waals surface area contributed by atoms with Crippen LogP contribution in [0.15, 0.2) is 12.2 Å². The number of hydrogen-bond donors (Lipinski definition) is 4. The van der Waals surface area contributed by atoms with E-state index < -0.39 is 52.0 Å². The largest absolute Gasteiger partial charge is 0.598 e. The van der Waals surface area contributed by atoms with E-state index in [1.807, 2.05) is 27.7 Å². The molecule has 2 bridgehead atoms. The van der Waals surface area contributed by atoms with Crippen LogP contribution in [0.3, 0.4) is 0 Å². The van der Waals surface area contributed by atoms with Gasteiger partial charge in [0, 0.05) is 11.4 Å². The average molecular weight is 408 g/mol. The first-order valence-corrected chi connectivity index (χ1v) is 11.5. The minimum atomic E-state index is -1.36. The first-order valence-electron chi connectivity index (χ1n) is 9.29. The summed E-state index contributed by atoms with van der Waals surface area (Å²) in [5.41, 5.74) is -0.610. The van der Waals surface area contributed by atoms with Crippen LogP contribution >= 0.6 is 11.8 Å². The molecule has 4 N–H and O–H groups in total. The summed E-state index contributed by atoms with van der Waals surface area (Å²) in [4.78, 5) is 0. The lowest BCUT2D eigenvalue weighted by Gasteiger charge is -2.45. The van der Waals surface area contributed by atoms with Crippen molar-refractivity contribution in [2.24, 2.45) is 5.92 Å². The lowest BCUT2D eigenvalue weighted by atomic mass is 9.88. The molecule has 26 heavy (non-hydrogen) atoms. The van der Waals surface area contributed by atoms with Crippen LogP contribution in [0.1, 0.15) is 47.0 Å². The second-order valence-electron chi connectivity index (χ2n) is 8.12. The number of thioether (sulfide) groups is 1. The number of nitrogens with one attached hydrogen (secondary N) is 1. The van der Waals surface area contributed by atoms with Gasteiger partial charge < -0.3 is 24.6 Å². The highest BCUT2D eigenvalue weighted by Gasteiger charge is 2.49. The Morgan fingerprint density at radius 1 is 1.15 bits per heavy atom. The molecule has 152 valence electrons. The molecule has 0 spiro atoms.